The summed E-state index contributed by atoms with van der Waals surface area (Å²) in [6.07, 6.45) is 5.35. The number of aryl methyl sites for hydroxylation is 2. The number of hydrogen-bond acceptors (Lipinski definition) is 5. The molecule has 0 amide bonds. The summed E-state index contributed by atoms with van der Waals surface area (Å²) in [7, 11) is 0. The van der Waals surface area contributed by atoms with Gasteiger partial charge in [-0.1, -0.05) is 6.07 Å². The number of aromatic nitrogens is 3. The van der Waals surface area contributed by atoms with E-state index in [2.05, 4.69) is 34.9 Å². The summed E-state index contributed by atoms with van der Waals surface area (Å²) in [4.78, 5) is 15.3. The van der Waals surface area contributed by atoms with Gasteiger partial charge in [0.2, 0.25) is 0 Å². The first kappa shape index (κ1) is 12.6. The molecule has 3 rings (SSSR count). The molecule has 5 heteroatoms. The summed E-state index contributed by atoms with van der Waals surface area (Å²) in [5, 5.41) is 2.27. The Morgan fingerprint density at radius 1 is 1.26 bits per heavy atom. The molecule has 3 aromatic rings. The van der Waals surface area contributed by atoms with E-state index in [9.17, 15) is 0 Å². The maximum absolute atomic E-state index is 4.43. The fraction of sp³-hybridized carbons (Fsp3) is 0.214. The minimum Gasteiger partial charge on any atom is -0.264 e. The lowest BCUT2D eigenvalue weighted by molar-refractivity contribution is 1.10. The second kappa shape index (κ2) is 5.27. The van der Waals surface area contributed by atoms with Crippen LogP contribution in [0.1, 0.15) is 16.0 Å². The molecule has 0 atom stereocenters. The van der Waals surface area contributed by atoms with Gasteiger partial charge >= 0.3 is 0 Å². The highest BCUT2D eigenvalue weighted by Gasteiger charge is 2.12. The molecule has 3 nitrogen and oxygen atoms in total. The highest BCUT2D eigenvalue weighted by atomic mass is 32.2. The topological polar surface area (TPSA) is 38.7 Å². The van der Waals surface area contributed by atoms with Crippen molar-refractivity contribution in [3.63, 3.8) is 0 Å². The van der Waals surface area contributed by atoms with Gasteiger partial charge in [0.1, 0.15) is 16.2 Å². The van der Waals surface area contributed by atoms with Crippen molar-refractivity contribution in [3.8, 4) is 0 Å². The van der Waals surface area contributed by atoms with Gasteiger partial charge in [-0.2, -0.15) is 0 Å². The van der Waals surface area contributed by atoms with Crippen molar-refractivity contribution in [2.45, 2.75) is 24.6 Å². The molecule has 0 saturated carbocycles. The van der Waals surface area contributed by atoms with Crippen LogP contribution in [0.5, 0.6) is 0 Å². The second-order valence-corrected chi connectivity index (χ2v) is 6.46. The van der Waals surface area contributed by atoms with E-state index in [1.807, 2.05) is 12.3 Å². The van der Waals surface area contributed by atoms with Crippen molar-refractivity contribution in [2.24, 2.45) is 0 Å². The Morgan fingerprint density at radius 2 is 2.16 bits per heavy atom. The van der Waals surface area contributed by atoms with Crippen LogP contribution in [0, 0.1) is 13.8 Å². The molecule has 0 spiro atoms. The zero-order valence-electron chi connectivity index (χ0n) is 10.8. The van der Waals surface area contributed by atoms with Crippen molar-refractivity contribution in [1.82, 2.24) is 15.0 Å². The fourth-order valence-electron chi connectivity index (χ4n) is 1.89. The highest BCUT2D eigenvalue weighted by molar-refractivity contribution is 7.98. The third-order valence-corrected chi connectivity index (χ3v) is 5.20. The standard InChI is InChI=1S/C14H13N3S2/c1-9-10(2)19-14-12(9)13(16-8-17-14)18-7-11-4-3-5-15-6-11/h3-6,8H,7H2,1-2H3. The second-order valence-electron chi connectivity index (χ2n) is 4.29. The van der Waals surface area contributed by atoms with Crippen LogP contribution < -0.4 is 0 Å². The first-order valence-corrected chi connectivity index (χ1v) is 7.78. The Hall–Kier alpha value is -1.46. The van der Waals surface area contributed by atoms with Crippen LogP contribution in [-0.2, 0) is 5.75 Å². The van der Waals surface area contributed by atoms with Gasteiger partial charge in [-0.25, -0.2) is 9.97 Å². The summed E-state index contributed by atoms with van der Waals surface area (Å²) in [5.41, 5.74) is 2.51. The smallest absolute Gasteiger partial charge is 0.128 e. The molecule has 0 bridgehead atoms. The summed E-state index contributed by atoms with van der Waals surface area (Å²) >= 11 is 3.48. The zero-order chi connectivity index (χ0) is 13.2. The summed E-state index contributed by atoms with van der Waals surface area (Å²) < 4.78 is 0. The highest BCUT2D eigenvalue weighted by Crippen LogP contribution is 2.35. The molecule has 3 aromatic heterocycles. The number of pyridine rings is 1. The van der Waals surface area contributed by atoms with Crippen LogP contribution in [0.3, 0.4) is 0 Å². The van der Waals surface area contributed by atoms with Crippen molar-refractivity contribution < 1.29 is 0 Å². The molecule has 0 aromatic carbocycles. The molecular formula is C14H13N3S2. The maximum atomic E-state index is 4.43. The van der Waals surface area contributed by atoms with Crippen LogP contribution in [0.4, 0.5) is 0 Å². The lowest BCUT2D eigenvalue weighted by atomic mass is 10.2. The Morgan fingerprint density at radius 3 is 2.95 bits per heavy atom. The van der Waals surface area contributed by atoms with Crippen molar-refractivity contribution in [1.29, 1.82) is 0 Å². The number of thioether (sulfide) groups is 1. The molecule has 0 fully saturated rings. The Kier molecular flexibility index (Phi) is 3.48. The number of fused-ring (bicyclic) bond motifs is 1. The van der Waals surface area contributed by atoms with Crippen LogP contribution in [-0.4, -0.2) is 15.0 Å². The molecule has 0 aliphatic rings. The molecule has 0 saturated heterocycles. The quantitative estimate of drug-likeness (QED) is 0.539. The van der Waals surface area contributed by atoms with E-state index < -0.39 is 0 Å². The average molecular weight is 287 g/mol. The number of thiophene rings is 1. The number of hydrogen-bond donors (Lipinski definition) is 0. The SMILES string of the molecule is Cc1sc2ncnc(SCc3cccnc3)c2c1C. The van der Waals surface area contributed by atoms with E-state index >= 15 is 0 Å². The summed E-state index contributed by atoms with van der Waals surface area (Å²) in [6, 6.07) is 4.05. The first-order valence-electron chi connectivity index (χ1n) is 5.98. The lowest BCUT2D eigenvalue weighted by Crippen LogP contribution is -1.87. The van der Waals surface area contributed by atoms with Crippen molar-refractivity contribution in [3.05, 3.63) is 46.9 Å². The van der Waals surface area contributed by atoms with Gasteiger partial charge < -0.3 is 0 Å². The molecule has 0 radical (unpaired) electrons. The van der Waals surface area contributed by atoms with E-state index in [0.29, 0.717) is 0 Å². The molecule has 96 valence electrons. The van der Waals surface area contributed by atoms with Crippen LogP contribution in [0.15, 0.2) is 35.9 Å². The molecule has 0 aliphatic carbocycles. The minimum atomic E-state index is 0.883. The van der Waals surface area contributed by atoms with Crippen LogP contribution >= 0.6 is 23.1 Å². The Bertz CT molecular complexity index is 707. The molecule has 0 aliphatic heterocycles. The molecule has 0 N–H and O–H groups in total. The van der Waals surface area contributed by atoms with Crippen molar-refractivity contribution >= 4 is 33.3 Å². The van der Waals surface area contributed by atoms with Gasteiger partial charge in [0, 0.05) is 28.4 Å². The fourth-order valence-corrected chi connectivity index (χ4v) is 3.95. The maximum Gasteiger partial charge on any atom is 0.128 e. The molecule has 0 unspecified atom stereocenters. The third-order valence-electron chi connectivity index (χ3n) is 3.03. The van der Waals surface area contributed by atoms with Crippen LogP contribution in [0.2, 0.25) is 0 Å². The Labute approximate surface area is 120 Å². The Balaban J connectivity index is 1.93. The lowest BCUT2D eigenvalue weighted by Gasteiger charge is -2.03. The van der Waals surface area contributed by atoms with Gasteiger partial charge in [0.15, 0.2) is 0 Å². The largest absolute Gasteiger partial charge is 0.264 e. The monoisotopic (exact) mass is 287 g/mol. The van der Waals surface area contributed by atoms with Gasteiger partial charge in [-0.05, 0) is 31.0 Å². The zero-order valence-corrected chi connectivity index (χ0v) is 12.4. The number of nitrogens with zero attached hydrogens (tertiary/aromatic N) is 3. The van der Waals surface area contributed by atoms with E-state index in [1.165, 1.54) is 21.4 Å². The van der Waals surface area contributed by atoms with E-state index in [4.69, 9.17) is 0 Å². The molecule has 3 heterocycles. The normalized spacial score (nSPS) is 11.1. The van der Waals surface area contributed by atoms with Gasteiger partial charge in [-0.3, -0.25) is 4.98 Å². The van der Waals surface area contributed by atoms with E-state index in [1.54, 1.807) is 35.6 Å². The number of rotatable bonds is 3. The predicted octanol–water partition coefficient (Wildman–Crippen LogP) is 4.00. The van der Waals surface area contributed by atoms with Crippen LogP contribution in [0.25, 0.3) is 10.2 Å². The van der Waals surface area contributed by atoms with Gasteiger partial charge in [-0.15, -0.1) is 23.1 Å². The average Bonchev–Trinajstić information content (AvgIpc) is 2.74. The van der Waals surface area contributed by atoms with Gasteiger partial charge in [0.25, 0.3) is 0 Å². The minimum absolute atomic E-state index is 0.883. The predicted molar refractivity (Wildman–Crippen MR) is 80.7 cm³/mol. The first-order chi connectivity index (χ1) is 9.25. The van der Waals surface area contributed by atoms with Gasteiger partial charge in [0.05, 0.1) is 0 Å². The van der Waals surface area contributed by atoms with Crippen molar-refractivity contribution in [2.75, 3.05) is 0 Å². The molecular weight excluding hydrogens is 274 g/mol. The summed E-state index contributed by atoms with van der Waals surface area (Å²) in [6.45, 7) is 4.28. The van der Waals surface area contributed by atoms with E-state index in [0.717, 1.165) is 15.6 Å². The summed E-state index contributed by atoms with van der Waals surface area (Å²) in [5.74, 6) is 0.883. The van der Waals surface area contributed by atoms with E-state index in [-0.39, 0.29) is 0 Å². The third kappa shape index (κ3) is 2.48. The molecule has 19 heavy (non-hydrogen) atoms.